The second-order valence-corrected chi connectivity index (χ2v) is 18.0. The van der Waals surface area contributed by atoms with Crippen LogP contribution in [0.15, 0.2) is 36.4 Å². The maximum atomic E-state index is 14.1. The monoisotopic (exact) mass is 804 g/mol. The third-order valence-corrected chi connectivity index (χ3v) is 12.8. The highest BCUT2D eigenvalue weighted by molar-refractivity contribution is 6.34. The summed E-state index contributed by atoms with van der Waals surface area (Å²) in [6.07, 6.45) is 21.5. The number of phenols is 1. The molecule has 0 radical (unpaired) electrons. The van der Waals surface area contributed by atoms with Crippen LogP contribution < -0.4 is 14.8 Å². The van der Waals surface area contributed by atoms with Gasteiger partial charge in [0.2, 0.25) is 0 Å². The molecule has 0 saturated heterocycles. The molecule has 0 spiro atoms. The summed E-state index contributed by atoms with van der Waals surface area (Å²) in [5.74, 6) is 2.22. The molecule has 1 saturated carbocycles. The molecule has 0 bridgehead atoms. The lowest BCUT2D eigenvalue weighted by Gasteiger charge is -2.36. The van der Waals surface area contributed by atoms with Crippen molar-refractivity contribution in [1.82, 2.24) is 19.8 Å². The molecule has 57 heavy (non-hydrogen) atoms. The predicted molar refractivity (Wildman–Crippen MR) is 234 cm³/mol. The van der Waals surface area contributed by atoms with E-state index in [4.69, 9.17) is 31.2 Å². The second kappa shape index (κ2) is 20.8. The number of benzene rings is 2. The molecule has 2 aromatic carbocycles. The fraction of sp³-hybridized carbons (Fsp3) is 0.638. The highest BCUT2D eigenvalue weighted by Crippen LogP contribution is 2.45. The Kier molecular flexibility index (Phi) is 16.2. The molecule has 5 rings (SSSR count). The minimum Gasteiger partial charge on any atom is -0.508 e. The van der Waals surface area contributed by atoms with Gasteiger partial charge in [0.25, 0.3) is 5.91 Å². The number of H-pyrrole nitrogens is 1. The topological polar surface area (TPSA) is 114 Å². The number of fused-ring (bicyclic) bond motifs is 1. The number of aromatic nitrogens is 4. The quantitative estimate of drug-likeness (QED) is 0.0682. The van der Waals surface area contributed by atoms with E-state index in [1.165, 1.54) is 77.0 Å². The van der Waals surface area contributed by atoms with Crippen LogP contribution in [0.2, 0.25) is 5.02 Å². The Morgan fingerprint density at radius 2 is 1.61 bits per heavy atom. The molecule has 1 amide bonds. The van der Waals surface area contributed by atoms with Crippen molar-refractivity contribution in [1.29, 1.82) is 0 Å². The van der Waals surface area contributed by atoms with E-state index >= 15 is 0 Å². The summed E-state index contributed by atoms with van der Waals surface area (Å²) in [5, 5.41) is 22.7. The van der Waals surface area contributed by atoms with Gasteiger partial charge >= 0.3 is 0 Å². The number of amides is 1. The number of phenolic OH excluding ortho intramolecular Hbond substituents is 1. The predicted octanol–water partition coefficient (Wildman–Crippen LogP) is 13.1. The first-order valence-electron chi connectivity index (χ1n) is 22.1. The van der Waals surface area contributed by atoms with Crippen molar-refractivity contribution in [2.45, 2.75) is 180 Å². The van der Waals surface area contributed by atoms with Gasteiger partial charge in [0, 0.05) is 16.5 Å². The number of nitrogens with one attached hydrogen (secondary N) is 2. The Morgan fingerprint density at radius 3 is 2.23 bits per heavy atom. The highest BCUT2D eigenvalue weighted by Gasteiger charge is 2.37. The molecule has 1 aliphatic carbocycles. The smallest absolute Gasteiger partial charge is 0.265 e. The van der Waals surface area contributed by atoms with Crippen molar-refractivity contribution in [2.24, 2.45) is 5.92 Å². The largest absolute Gasteiger partial charge is 0.508 e. The summed E-state index contributed by atoms with van der Waals surface area (Å²) in [6, 6.07) is 10.8. The number of halogens is 1. The molecule has 4 aromatic rings. The van der Waals surface area contributed by atoms with Gasteiger partial charge in [-0.1, -0.05) is 143 Å². The van der Waals surface area contributed by atoms with Crippen molar-refractivity contribution in [3.63, 3.8) is 0 Å². The minimum atomic E-state index is -0.753. The first-order valence-corrected chi connectivity index (χ1v) is 22.4. The maximum absolute atomic E-state index is 14.1. The number of nitrogens with zero attached hydrogens (tertiary/aromatic N) is 3. The van der Waals surface area contributed by atoms with Crippen molar-refractivity contribution < 1.29 is 19.4 Å². The summed E-state index contributed by atoms with van der Waals surface area (Å²) >= 11 is 7.15. The molecule has 1 atom stereocenters. The number of carbonyl (C=O) groups is 1. The molecule has 2 aromatic heterocycles. The Hall–Kier alpha value is -3.72. The molecule has 3 N–H and O–H groups in total. The normalized spacial score (nSPS) is 14.6. The van der Waals surface area contributed by atoms with E-state index < -0.39 is 6.10 Å². The number of hydrogen-bond acceptors (Lipinski definition) is 6. The molecule has 1 unspecified atom stereocenters. The Balaban J connectivity index is 1.33. The number of anilines is 1. The molecular weight excluding hydrogens is 734 g/mol. The first kappa shape index (κ1) is 44.4. The number of carbonyl (C=O) groups excluding carboxylic acids is 1. The summed E-state index contributed by atoms with van der Waals surface area (Å²) in [4.78, 5) is 19.1. The molecular formula is C47H70ClN5O4. The maximum Gasteiger partial charge on any atom is 0.265 e. The number of aromatic hydroxyl groups is 1. The van der Waals surface area contributed by atoms with Crippen LogP contribution in [0.5, 0.6) is 17.2 Å². The van der Waals surface area contributed by atoms with E-state index in [1.54, 1.807) is 23.9 Å². The summed E-state index contributed by atoms with van der Waals surface area (Å²) in [6.45, 7) is 12.9. The van der Waals surface area contributed by atoms with Gasteiger partial charge in [0.05, 0.1) is 18.5 Å². The second-order valence-electron chi connectivity index (χ2n) is 17.6. The molecule has 9 nitrogen and oxygen atoms in total. The average Bonchev–Trinajstić information content (AvgIpc) is 3.77. The SMILES string of the molecule is CCCCCCCCCCCCC(Oc1ccc(O)c(C(C)(C)C)c1)C(=O)Nc1cc(-c2nc3c(Cl)c(C(CC)(CC)CC4CCCCC4)[nH]n3n2)ccc1OC. The summed E-state index contributed by atoms with van der Waals surface area (Å²) < 4.78 is 13.9. The average molecular weight is 805 g/mol. The zero-order valence-electron chi connectivity index (χ0n) is 35.9. The number of ether oxygens (including phenoxy) is 2. The van der Waals surface area contributed by atoms with Gasteiger partial charge in [-0.05, 0) is 79.8 Å². The zero-order chi connectivity index (χ0) is 41.0. The van der Waals surface area contributed by atoms with E-state index in [0.29, 0.717) is 46.0 Å². The van der Waals surface area contributed by atoms with Crippen molar-refractivity contribution in [2.75, 3.05) is 12.4 Å². The Bertz CT molecular complexity index is 1870. The lowest BCUT2D eigenvalue weighted by molar-refractivity contribution is -0.123. The van der Waals surface area contributed by atoms with Gasteiger partial charge in [-0.2, -0.15) is 4.63 Å². The number of aromatic amines is 1. The molecule has 314 valence electrons. The molecule has 2 heterocycles. The summed E-state index contributed by atoms with van der Waals surface area (Å²) in [7, 11) is 1.59. The van der Waals surface area contributed by atoms with E-state index in [0.717, 1.165) is 55.3 Å². The van der Waals surface area contributed by atoms with Crippen LogP contribution in [0.25, 0.3) is 17.0 Å². The van der Waals surface area contributed by atoms with Crippen LogP contribution in [-0.2, 0) is 15.6 Å². The first-order chi connectivity index (χ1) is 27.4. The summed E-state index contributed by atoms with van der Waals surface area (Å²) in [5.41, 5.74) is 3.27. The fourth-order valence-electron chi connectivity index (χ4n) is 8.78. The van der Waals surface area contributed by atoms with E-state index in [-0.39, 0.29) is 22.5 Å². The third kappa shape index (κ3) is 11.5. The molecule has 1 aliphatic rings. The lowest BCUT2D eigenvalue weighted by atomic mass is 9.69. The van der Waals surface area contributed by atoms with Crippen molar-refractivity contribution >= 4 is 28.8 Å². The van der Waals surface area contributed by atoms with Gasteiger partial charge in [0.15, 0.2) is 17.6 Å². The van der Waals surface area contributed by atoms with Crippen molar-refractivity contribution in [3.8, 4) is 28.6 Å². The number of hydrogen-bond donors (Lipinski definition) is 3. The highest BCUT2D eigenvalue weighted by atomic mass is 35.5. The van der Waals surface area contributed by atoms with Gasteiger partial charge < -0.3 is 19.9 Å². The molecule has 0 aliphatic heterocycles. The molecule has 1 fully saturated rings. The van der Waals surface area contributed by atoms with Crippen LogP contribution in [0.3, 0.4) is 0 Å². The zero-order valence-corrected chi connectivity index (χ0v) is 36.7. The Labute approximate surface area is 347 Å². The van der Waals surface area contributed by atoms with E-state index in [1.807, 2.05) is 45.0 Å². The lowest BCUT2D eigenvalue weighted by Crippen LogP contribution is -2.33. The number of methoxy groups -OCH3 is 1. The van der Waals surface area contributed by atoms with Crippen LogP contribution in [0, 0.1) is 5.92 Å². The van der Waals surface area contributed by atoms with Crippen LogP contribution in [0.1, 0.15) is 175 Å². The van der Waals surface area contributed by atoms with Crippen LogP contribution in [-0.4, -0.2) is 44.0 Å². The standard InChI is InChI=1S/C47H70ClN5O4/c1-8-11-12-13-14-15-16-17-18-22-25-40(57-35-27-28-38(54)36(31-35)46(4,5)6)45(55)49-37-30-34(26-29-39(37)56-7)43-50-44-41(48)42(51-53(44)52-43)47(9-2,10-3)32-33-23-20-19-21-24-33/h26-31,33,40,51,54H,8-25,32H2,1-7H3,(H,49,55). The van der Waals surface area contributed by atoms with Crippen molar-refractivity contribution in [3.05, 3.63) is 52.7 Å². The van der Waals surface area contributed by atoms with Gasteiger partial charge in [-0.3, -0.25) is 9.89 Å². The van der Waals surface area contributed by atoms with Crippen LogP contribution >= 0.6 is 11.6 Å². The van der Waals surface area contributed by atoms with Gasteiger partial charge in [0.1, 0.15) is 22.3 Å². The number of unbranched alkanes of at least 4 members (excludes halogenated alkanes) is 9. The van der Waals surface area contributed by atoms with Crippen LogP contribution in [0.4, 0.5) is 5.69 Å². The molecule has 10 heteroatoms. The van der Waals surface area contributed by atoms with E-state index in [2.05, 4.69) is 31.2 Å². The third-order valence-electron chi connectivity index (χ3n) is 12.4. The Morgan fingerprint density at radius 1 is 0.947 bits per heavy atom. The fourth-order valence-corrected chi connectivity index (χ4v) is 9.15. The van der Waals surface area contributed by atoms with Gasteiger partial charge in [-0.25, -0.2) is 4.98 Å². The van der Waals surface area contributed by atoms with Gasteiger partial charge in [-0.15, -0.1) is 5.10 Å². The van der Waals surface area contributed by atoms with E-state index in [9.17, 15) is 9.90 Å². The minimum absolute atomic E-state index is 0.0554. The number of rotatable bonds is 22.